The van der Waals surface area contributed by atoms with E-state index in [-0.39, 0.29) is 0 Å². The van der Waals surface area contributed by atoms with Crippen molar-refractivity contribution in [3.63, 3.8) is 0 Å². The number of hydrogen-bond donors (Lipinski definition) is 1. The molecule has 1 saturated heterocycles. The van der Waals surface area contributed by atoms with Crippen molar-refractivity contribution < 1.29 is 4.74 Å². The lowest BCUT2D eigenvalue weighted by molar-refractivity contribution is 0.238. The van der Waals surface area contributed by atoms with Crippen molar-refractivity contribution in [2.24, 2.45) is 0 Å². The lowest BCUT2D eigenvalue weighted by Gasteiger charge is -2.18. The smallest absolute Gasteiger partial charge is 0.119 e. The van der Waals surface area contributed by atoms with Gasteiger partial charge in [-0.1, -0.05) is 61.5 Å². The van der Waals surface area contributed by atoms with Gasteiger partial charge in [0.1, 0.15) is 12.4 Å². The number of nitrogens with two attached hydrogens (primary N) is 1. The number of likely N-dealkylation sites (tertiary alicyclic amines) is 1. The van der Waals surface area contributed by atoms with Gasteiger partial charge in [0.2, 0.25) is 0 Å². The van der Waals surface area contributed by atoms with Gasteiger partial charge in [0.05, 0.1) is 0 Å². The fourth-order valence-corrected chi connectivity index (χ4v) is 4.35. The predicted molar refractivity (Wildman–Crippen MR) is 131 cm³/mol. The van der Waals surface area contributed by atoms with Gasteiger partial charge < -0.3 is 10.5 Å². The number of rotatable bonds is 8. The van der Waals surface area contributed by atoms with Crippen molar-refractivity contribution in [3.05, 3.63) is 95.6 Å². The molecule has 4 rings (SSSR count). The number of anilines is 1. The molecule has 160 valence electrons. The third kappa shape index (κ3) is 5.36. The first kappa shape index (κ1) is 21.2. The second-order valence-corrected chi connectivity index (χ2v) is 8.12. The number of ether oxygens (including phenoxy) is 1. The van der Waals surface area contributed by atoms with E-state index < -0.39 is 0 Å². The molecule has 0 saturated carbocycles. The van der Waals surface area contributed by atoms with E-state index in [4.69, 9.17) is 10.5 Å². The van der Waals surface area contributed by atoms with Gasteiger partial charge in [0.15, 0.2) is 0 Å². The highest BCUT2D eigenvalue weighted by Gasteiger charge is 2.14. The van der Waals surface area contributed by atoms with E-state index in [1.54, 1.807) is 0 Å². The van der Waals surface area contributed by atoms with Crippen molar-refractivity contribution in [1.82, 2.24) is 4.90 Å². The van der Waals surface area contributed by atoms with Crippen LogP contribution < -0.4 is 10.5 Å². The molecule has 3 nitrogen and oxygen atoms in total. The Morgan fingerprint density at radius 2 is 1.42 bits per heavy atom. The normalized spacial score (nSPS) is 15.0. The minimum absolute atomic E-state index is 0.740. The molecule has 1 aliphatic rings. The molecule has 0 aliphatic carbocycles. The average molecular weight is 413 g/mol. The zero-order valence-electron chi connectivity index (χ0n) is 18.4. The third-order valence-electron chi connectivity index (χ3n) is 5.99. The van der Waals surface area contributed by atoms with Crippen molar-refractivity contribution >= 4 is 16.8 Å². The second-order valence-electron chi connectivity index (χ2n) is 8.12. The molecule has 1 fully saturated rings. The number of hydrogen-bond acceptors (Lipinski definition) is 3. The number of nitrogens with zero attached hydrogens (tertiary/aromatic N) is 1. The van der Waals surface area contributed by atoms with Gasteiger partial charge in [0, 0.05) is 12.2 Å². The zero-order valence-corrected chi connectivity index (χ0v) is 18.4. The highest BCUT2D eigenvalue weighted by Crippen LogP contribution is 2.35. The SMILES string of the molecule is CC/C(=C(/c1ccc(N)cc1)c1ccc(OCCN2CCCC2)cc1)c1ccccc1. The zero-order chi connectivity index (χ0) is 21.5. The van der Waals surface area contributed by atoms with Gasteiger partial charge in [-0.05, 0) is 84.5 Å². The molecule has 3 aromatic rings. The molecule has 0 bridgehead atoms. The van der Waals surface area contributed by atoms with Crippen LogP contribution in [-0.4, -0.2) is 31.1 Å². The Bertz CT molecular complexity index is 985. The number of nitrogen functional groups attached to an aromatic ring is 1. The van der Waals surface area contributed by atoms with Crippen molar-refractivity contribution in [2.75, 3.05) is 32.0 Å². The minimum Gasteiger partial charge on any atom is -0.492 e. The summed E-state index contributed by atoms with van der Waals surface area (Å²) in [7, 11) is 0. The molecule has 1 heterocycles. The van der Waals surface area contributed by atoms with Crippen LogP contribution in [0.1, 0.15) is 42.9 Å². The molecule has 0 atom stereocenters. The molecule has 1 aliphatic heterocycles. The van der Waals surface area contributed by atoms with Crippen LogP contribution in [-0.2, 0) is 0 Å². The van der Waals surface area contributed by atoms with Crippen molar-refractivity contribution in [2.45, 2.75) is 26.2 Å². The Balaban J connectivity index is 1.62. The van der Waals surface area contributed by atoms with Gasteiger partial charge in [-0.2, -0.15) is 0 Å². The van der Waals surface area contributed by atoms with Gasteiger partial charge in [-0.25, -0.2) is 0 Å². The van der Waals surface area contributed by atoms with Crippen molar-refractivity contribution in [1.29, 1.82) is 0 Å². The van der Waals surface area contributed by atoms with Crippen LogP contribution in [0.25, 0.3) is 11.1 Å². The largest absolute Gasteiger partial charge is 0.492 e. The fourth-order valence-electron chi connectivity index (χ4n) is 4.35. The highest BCUT2D eigenvalue weighted by molar-refractivity contribution is 5.98. The van der Waals surface area contributed by atoms with E-state index in [0.717, 1.165) is 31.0 Å². The highest BCUT2D eigenvalue weighted by atomic mass is 16.5. The number of benzene rings is 3. The standard InChI is InChI=1S/C28H32N2O/c1-2-27(22-8-4-3-5-9-22)28(23-10-14-25(29)15-11-23)24-12-16-26(17-13-24)31-21-20-30-18-6-7-19-30/h3-5,8-17H,2,6-7,18-21,29H2,1H3/b28-27+. The molecule has 3 aromatic carbocycles. The van der Waals surface area contributed by atoms with Gasteiger partial charge in [0.25, 0.3) is 0 Å². The maximum Gasteiger partial charge on any atom is 0.119 e. The molecule has 0 amide bonds. The summed E-state index contributed by atoms with van der Waals surface area (Å²) in [6.07, 6.45) is 3.57. The van der Waals surface area contributed by atoms with Gasteiger partial charge >= 0.3 is 0 Å². The van der Waals surface area contributed by atoms with E-state index in [0.29, 0.717) is 0 Å². The first-order valence-electron chi connectivity index (χ1n) is 11.3. The molecule has 0 unspecified atom stereocenters. The predicted octanol–water partition coefficient (Wildman–Crippen LogP) is 6.11. The summed E-state index contributed by atoms with van der Waals surface area (Å²) in [5.41, 5.74) is 12.9. The molecule has 2 N–H and O–H groups in total. The Kier molecular flexibility index (Phi) is 7.06. The van der Waals surface area contributed by atoms with Crippen LogP contribution >= 0.6 is 0 Å². The average Bonchev–Trinajstić information content (AvgIpc) is 3.33. The topological polar surface area (TPSA) is 38.5 Å². The monoisotopic (exact) mass is 412 g/mol. The lowest BCUT2D eigenvalue weighted by Crippen LogP contribution is -2.25. The van der Waals surface area contributed by atoms with Crippen LogP contribution in [0.2, 0.25) is 0 Å². The summed E-state index contributed by atoms with van der Waals surface area (Å²) in [6.45, 7) is 6.38. The first-order valence-corrected chi connectivity index (χ1v) is 11.3. The molecular formula is C28H32N2O. The third-order valence-corrected chi connectivity index (χ3v) is 5.99. The summed E-state index contributed by atoms with van der Waals surface area (Å²) < 4.78 is 6.02. The molecule has 31 heavy (non-hydrogen) atoms. The summed E-state index contributed by atoms with van der Waals surface area (Å²) in [4.78, 5) is 2.48. The van der Waals surface area contributed by atoms with E-state index >= 15 is 0 Å². The van der Waals surface area contributed by atoms with E-state index in [9.17, 15) is 0 Å². The summed E-state index contributed by atoms with van der Waals surface area (Å²) >= 11 is 0. The van der Waals surface area contributed by atoms with Crippen LogP contribution in [0.5, 0.6) is 5.75 Å². The Morgan fingerprint density at radius 1 is 0.806 bits per heavy atom. The maximum absolute atomic E-state index is 6.02. The van der Waals surface area contributed by atoms with E-state index in [2.05, 4.69) is 78.6 Å². The van der Waals surface area contributed by atoms with Crippen LogP contribution in [0.4, 0.5) is 5.69 Å². The van der Waals surface area contributed by atoms with Gasteiger partial charge in [-0.3, -0.25) is 4.90 Å². The fraction of sp³-hybridized carbons (Fsp3) is 0.286. The molecule has 3 heteroatoms. The Hall–Kier alpha value is -3.04. The summed E-state index contributed by atoms with van der Waals surface area (Å²) in [5, 5.41) is 0. The van der Waals surface area contributed by atoms with Crippen LogP contribution in [0.3, 0.4) is 0 Å². The first-order chi connectivity index (χ1) is 15.2. The Morgan fingerprint density at radius 3 is 2.03 bits per heavy atom. The van der Waals surface area contributed by atoms with Crippen LogP contribution in [0.15, 0.2) is 78.9 Å². The quantitative estimate of drug-likeness (QED) is 0.358. The van der Waals surface area contributed by atoms with E-state index in [1.807, 2.05) is 12.1 Å². The second kappa shape index (κ2) is 10.3. The van der Waals surface area contributed by atoms with E-state index in [1.165, 1.54) is 53.8 Å². The number of allylic oxidation sites excluding steroid dienone is 1. The van der Waals surface area contributed by atoms with Gasteiger partial charge in [-0.15, -0.1) is 0 Å². The minimum atomic E-state index is 0.740. The molecule has 0 spiro atoms. The maximum atomic E-state index is 6.02. The molecule has 0 radical (unpaired) electrons. The van der Waals surface area contributed by atoms with Crippen molar-refractivity contribution in [3.8, 4) is 5.75 Å². The Labute approximate surface area is 186 Å². The lowest BCUT2D eigenvalue weighted by atomic mass is 9.88. The van der Waals surface area contributed by atoms with Crippen LogP contribution in [0, 0.1) is 0 Å². The molecular weight excluding hydrogens is 380 g/mol. The summed E-state index contributed by atoms with van der Waals surface area (Å²) in [6, 6.07) is 27.4. The summed E-state index contributed by atoms with van der Waals surface area (Å²) in [5.74, 6) is 0.928. The molecule has 0 aromatic heterocycles.